The van der Waals surface area contributed by atoms with Crippen molar-refractivity contribution in [2.75, 3.05) is 0 Å². The molecule has 11 aromatic rings. The fourth-order valence-corrected chi connectivity index (χ4v) is 8.85. The second-order valence-electron chi connectivity index (χ2n) is 13.8. The molecule has 0 atom stereocenters. The molecule has 4 aromatic heterocycles. The Morgan fingerprint density at radius 3 is 1.88 bits per heavy atom. The van der Waals surface area contributed by atoms with Crippen LogP contribution in [0.4, 0.5) is 0 Å². The number of nitrogens with zero attached hydrogens (tertiary/aromatic N) is 4. The van der Waals surface area contributed by atoms with Crippen LogP contribution >= 0.6 is 0 Å². The molecule has 240 valence electrons. The fourth-order valence-electron chi connectivity index (χ4n) is 8.85. The van der Waals surface area contributed by atoms with Gasteiger partial charge in [-0.3, -0.25) is 4.57 Å². The molecular weight excluding hydrogens is 633 g/mol. The van der Waals surface area contributed by atoms with E-state index in [1.165, 1.54) is 76.7 Å². The Bertz CT molecular complexity index is 3290. The van der Waals surface area contributed by atoms with Gasteiger partial charge in [0.05, 0.1) is 22.1 Å². The standard InChI is InChI=1S/C48H28N4/c1-2-11-32(12-3-1)51-43-22-19-31(27-40(43)38-21-18-29-10-4-5-13-33(29)47(38)51)30-20-23-44-39(26-30)36-16-8-9-17-42(36)52(44)45-28-41-35-15-7-6-14-34(35)37-24-25-49-48(50-45)46(37)41/h1-28H. The van der Waals surface area contributed by atoms with E-state index in [0.29, 0.717) is 0 Å². The van der Waals surface area contributed by atoms with E-state index in [9.17, 15) is 0 Å². The Hall–Kier alpha value is -7.04. The van der Waals surface area contributed by atoms with Crippen molar-refractivity contribution in [1.29, 1.82) is 0 Å². The largest absolute Gasteiger partial charge is 0.309 e. The Morgan fingerprint density at radius 2 is 1.06 bits per heavy atom. The van der Waals surface area contributed by atoms with Crippen molar-refractivity contribution in [2.45, 2.75) is 0 Å². The first-order valence-corrected chi connectivity index (χ1v) is 17.7. The van der Waals surface area contributed by atoms with Gasteiger partial charge in [-0.15, -0.1) is 0 Å². The molecule has 0 fully saturated rings. The summed E-state index contributed by atoms with van der Waals surface area (Å²) in [7, 11) is 0. The number of hydrogen-bond acceptors (Lipinski definition) is 2. The van der Waals surface area contributed by atoms with E-state index in [4.69, 9.17) is 9.97 Å². The van der Waals surface area contributed by atoms with Crippen LogP contribution in [-0.4, -0.2) is 19.1 Å². The molecule has 0 saturated carbocycles. The number of hydrogen-bond donors (Lipinski definition) is 0. The predicted octanol–water partition coefficient (Wildman–Crippen LogP) is 12.3. The maximum Gasteiger partial charge on any atom is 0.162 e. The van der Waals surface area contributed by atoms with Crippen molar-refractivity contribution in [3.05, 3.63) is 170 Å². The van der Waals surface area contributed by atoms with Gasteiger partial charge in [0.25, 0.3) is 0 Å². The molecule has 7 aromatic carbocycles. The third-order valence-electron chi connectivity index (χ3n) is 11.1. The first-order valence-electron chi connectivity index (χ1n) is 17.7. The third-order valence-corrected chi connectivity index (χ3v) is 11.1. The lowest BCUT2D eigenvalue weighted by atomic mass is 10.00. The van der Waals surface area contributed by atoms with Crippen molar-refractivity contribution in [3.63, 3.8) is 0 Å². The lowest BCUT2D eigenvalue weighted by Crippen LogP contribution is -1.99. The van der Waals surface area contributed by atoms with E-state index in [0.717, 1.165) is 33.6 Å². The van der Waals surface area contributed by atoms with Crippen molar-refractivity contribution in [3.8, 4) is 44.9 Å². The Balaban J connectivity index is 1.08. The molecule has 1 aliphatic carbocycles. The van der Waals surface area contributed by atoms with Gasteiger partial charge in [0.1, 0.15) is 5.82 Å². The zero-order valence-electron chi connectivity index (χ0n) is 28.0. The number of fused-ring (bicyclic) bond motifs is 11. The Morgan fingerprint density at radius 1 is 0.404 bits per heavy atom. The molecule has 4 heteroatoms. The topological polar surface area (TPSA) is 35.6 Å². The van der Waals surface area contributed by atoms with Gasteiger partial charge in [-0.25, -0.2) is 9.97 Å². The van der Waals surface area contributed by atoms with Crippen LogP contribution < -0.4 is 0 Å². The SMILES string of the molecule is c1ccc(-n2c3ccc(-c4ccc5c(c4)c4ccccc4n5-c4cc5c6c(ccnc6n4)-c4ccccc4-5)cc3c3ccc4ccccc4c32)cc1. The number of rotatable bonds is 3. The van der Waals surface area contributed by atoms with Gasteiger partial charge in [-0.1, -0.05) is 109 Å². The summed E-state index contributed by atoms with van der Waals surface area (Å²) in [5.41, 5.74) is 13.9. The molecule has 1 aliphatic rings. The maximum absolute atomic E-state index is 5.20. The second-order valence-corrected chi connectivity index (χ2v) is 13.8. The highest BCUT2D eigenvalue weighted by Gasteiger charge is 2.25. The highest BCUT2D eigenvalue weighted by molar-refractivity contribution is 6.20. The second kappa shape index (κ2) is 10.3. The van der Waals surface area contributed by atoms with Crippen molar-refractivity contribution >= 4 is 65.4 Å². The summed E-state index contributed by atoms with van der Waals surface area (Å²) in [4.78, 5) is 9.97. The van der Waals surface area contributed by atoms with Crippen LogP contribution in [0, 0.1) is 0 Å². The van der Waals surface area contributed by atoms with Gasteiger partial charge in [0, 0.05) is 44.2 Å². The molecule has 0 aliphatic heterocycles. The van der Waals surface area contributed by atoms with Gasteiger partial charge in [0.2, 0.25) is 0 Å². The summed E-state index contributed by atoms with van der Waals surface area (Å²) in [6.45, 7) is 0. The molecule has 4 nitrogen and oxygen atoms in total. The third kappa shape index (κ3) is 3.70. The van der Waals surface area contributed by atoms with E-state index in [1.54, 1.807) is 0 Å². The van der Waals surface area contributed by atoms with E-state index < -0.39 is 0 Å². The van der Waals surface area contributed by atoms with Crippen molar-refractivity contribution in [2.24, 2.45) is 0 Å². The molecule has 52 heavy (non-hydrogen) atoms. The first-order chi connectivity index (χ1) is 25.8. The lowest BCUT2D eigenvalue weighted by Gasteiger charge is -2.11. The van der Waals surface area contributed by atoms with Gasteiger partial charge < -0.3 is 4.57 Å². The molecular formula is C48H28N4. The molecule has 0 radical (unpaired) electrons. The van der Waals surface area contributed by atoms with Crippen LogP contribution in [0.1, 0.15) is 0 Å². The van der Waals surface area contributed by atoms with E-state index in [-0.39, 0.29) is 0 Å². The minimum absolute atomic E-state index is 0.777. The van der Waals surface area contributed by atoms with Crippen LogP contribution in [0.3, 0.4) is 0 Å². The molecule has 0 saturated heterocycles. The van der Waals surface area contributed by atoms with Crippen LogP contribution in [0.2, 0.25) is 0 Å². The van der Waals surface area contributed by atoms with Gasteiger partial charge in [-0.2, -0.15) is 0 Å². The number of pyridine rings is 2. The fraction of sp³-hybridized carbons (Fsp3) is 0. The average Bonchev–Trinajstić information content (AvgIpc) is 3.84. The Kier molecular flexibility index (Phi) is 5.47. The van der Waals surface area contributed by atoms with Crippen molar-refractivity contribution < 1.29 is 0 Å². The molecule has 0 amide bonds. The van der Waals surface area contributed by atoms with E-state index in [2.05, 4.69) is 173 Å². The minimum Gasteiger partial charge on any atom is -0.309 e. The molecule has 0 bridgehead atoms. The Labute approximate surface area is 298 Å². The van der Waals surface area contributed by atoms with E-state index >= 15 is 0 Å². The minimum atomic E-state index is 0.777. The zero-order chi connectivity index (χ0) is 33.9. The highest BCUT2D eigenvalue weighted by Crippen LogP contribution is 2.47. The number of benzene rings is 7. The first kappa shape index (κ1) is 27.7. The summed E-state index contributed by atoms with van der Waals surface area (Å²) < 4.78 is 4.73. The summed E-state index contributed by atoms with van der Waals surface area (Å²) in [5.74, 6) is 0.880. The van der Waals surface area contributed by atoms with Crippen LogP contribution in [0.5, 0.6) is 0 Å². The number of aromatic nitrogens is 4. The van der Waals surface area contributed by atoms with Gasteiger partial charge in [-0.05, 0) is 93.4 Å². The molecule has 0 N–H and O–H groups in total. The molecule has 4 heterocycles. The van der Waals surface area contributed by atoms with Crippen molar-refractivity contribution in [1.82, 2.24) is 19.1 Å². The summed E-state index contributed by atoms with van der Waals surface area (Å²) >= 11 is 0. The average molecular weight is 661 g/mol. The smallest absolute Gasteiger partial charge is 0.162 e. The van der Waals surface area contributed by atoms with Gasteiger partial charge >= 0.3 is 0 Å². The normalized spacial score (nSPS) is 12.2. The molecule has 12 rings (SSSR count). The van der Waals surface area contributed by atoms with Gasteiger partial charge in [0.15, 0.2) is 5.65 Å². The van der Waals surface area contributed by atoms with E-state index in [1.807, 2.05) is 6.20 Å². The summed E-state index contributed by atoms with van der Waals surface area (Å²) in [6.07, 6.45) is 1.88. The molecule has 0 unspecified atom stereocenters. The highest BCUT2D eigenvalue weighted by atomic mass is 15.1. The maximum atomic E-state index is 5.20. The summed E-state index contributed by atoms with van der Waals surface area (Å²) in [6, 6.07) is 59.4. The number of para-hydroxylation sites is 2. The van der Waals surface area contributed by atoms with Crippen LogP contribution in [0.15, 0.2) is 170 Å². The molecule has 0 spiro atoms. The predicted molar refractivity (Wildman–Crippen MR) is 216 cm³/mol. The quantitative estimate of drug-likeness (QED) is 0.189. The monoisotopic (exact) mass is 660 g/mol. The zero-order valence-corrected chi connectivity index (χ0v) is 28.0. The van der Waals surface area contributed by atoms with Crippen LogP contribution in [0.25, 0.3) is 110 Å². The summed E-state index contributed by atoms with van der Waals surface area (Å²) in [5, 5.41) is 8.53. The lowest BCUT2D eigenvalue weighted by molar-refractivity contribution is 1.09. The van der Waals surface area contributed by atoms with Crippen LogP contribution in [-0.2, 0) is 0 Å².